The number of benzene rings is 1. The Morgan fingerprint density at radius 1 is 1.50 bits per heavy atom. The third kappa shape index (κ3) is 1.63. The van der Waals surface area contributed by atoms with Crippen molar-refractivity contribution in [3.05, 3.63) is 29.6 Å². The predicted octanol–water partition coefficient (Wildman–Crippen LogP) is 1.88. The van der Waals surface area contributed by atoms with Gasteiger partial charge in [0.15, 0.2) is 0 Å². The zero-order chi connectivity index (χ0) is 9.97. The molecule has 0 amide bonds. The summed E-state index contributed by atoms with van der Waals surface area (Å²) in [5.41, 5.74) is 8.84. The molecule has 4 heteroatoms. The van der Waals surface area contributed by atoms with Crippen molar-refractivity contribution in [1.29, 1.82) is 0 Å². The number of para-hydroxylation sites is 1. The fourth-order valence-corrected chi connectivity index (χ4v) is 1.92. The van der Waals surface area contributed by atoms with Crippen LogP contribution in [0, 0.1) is 0 Å². The Balaban J connectivity index is 2.52. The van der Waals surface area contributed by atoms with E-state index in [4.69, 9.17) is 5.73 Å². The van der Waals surface area contributed by atoms with E-state index < -0.39 is 0 Å². The molecule has 0 atom stereocenters. The molecule has 0 aliphatic heterocycles. The average Bonchev–Trinajstić information content (AvgIpc) is 2.60. The van der Waals surface area contributed by atoms with Crippen molar-refractivity contribution in [1.82, 2.24) is 9.97 Å². The molecule has 0 saturated carbocycles. The zero-order valence-corrected chi connectivity index (χ0v) is 8.90. The van der Waals surface area contributed by atoms with Gasteiger partial charge in [0, 0.05) is 6.54 Å². The molecule has 1 aromatic heterocycles. The zero-order valence-electron chi connectivity index (χ0n) is 8.08. The van der Waals surface area contributed by atoms with Gasteiger partial charge >= 0.3 is 0 Å². The van der Waals surface area contributed by atoms with Crippen LogP contribution in [-0.4, -0.2) is 16.2 Å². The van der Waals surface area contributed by atoms with E-state index in [1.807, 2.05) is 18.2 Å². The molecule has 0 saturated heterocycles. The number of imidazole rings is 1. The molecule has 3 nitrogen and oxygen atoms in total. The van der Waals surface area contributed by atoms with Crippen LogP contribution in [0.15, 0.2) is 18.2 Å². The van der Waals surface area contributed by atoms with E-state index in [-0.39, 0.29) is 0 Å². The minimum Gasteiger partial charge on any atom is -0.341 e. The van der Waals surface area contributed by atoms with Crippen LogP contribution in [0.5, 0.6) is 0 Å². The van der Waals surface area contributed by atoms with Gasteiger partial charge in [0.2, 0.25) is 0 Å². The van der Waals surface area contributed by atoms with Crippen LogP contribution in [0.25, 0.3) is 11.0 Å². The van der Waals surface area contributed by atoms with Gasteiger partial charge in [-0.15, -0.1) is 0 Å². The van der Waals surface area contributed by atoms with Gasteiger partial charge in [0.05, 0.1) is 16.8 Å². The van der Waals surface area contributed by atoms with Crippen LogP contribution in [0.1, 0.15) is 11.4 Å². The molecule has 0 radical (unpaired) electrons. The third-order valence-corrected chi connectivity index (χ3v) is 2.71. The summed E-state index contributed by atoms with van der Waals surface area (Å²) in [5.74, 6) is 1.94. The van der Waals surface area contributed by atoms with Gasteiger partial charge in [-0.25, -0.2) is 4.98 Å². The topological polar surface area (TPSA) is 54.7 Å². The highest BCUT2D eigenvalue weighted by molar-refractivity contribution is 7.97. The van der Waals surface area contributed by atoms with Crippen LogP contribution in [-0.2, 0) is 12.3 Å². The predicted molar refractivity (Wildman–Crippen MR) is 61.2 cm³/mol. The van der Waals surface area contributed by atoms with Gasteiger partial charge < -0.3 is 10.7 Å². The van der Waals surface area contributed by atoms with Crippen molar-refractivity contribution in [2.24, 2.45) is 5.73 Å². The normalized spacial score (nSPS) is 11.0. The van der Waals surface area contributed by atoms with E-state index in [0.29, 0.717) is 6.54 Å². The summed E-state index contributed by atoms with van der Waals surface area (Å²) in [5, 5.41) is 0. The molecular formula is C10H13N3S. The number of thioether (sulfide) groups is 1. The van der Waals surface area contributed by atoms with Crippen LogP contribution in [0.3, 0.4) is 0 Å². The highest BCUT2D eigenvalue weighted by Crippen LogP contribution is 2.17. The maximum atomic E-state index is 5.64. The SMILES string of the molecule is CSCc1nc2c(CN)cccc2[nH]1. The molecule has 0 bridgehead atoms. The van der Waals surface area contributed by atoms with Gasteiger partial charge in [-0.1, -0.05) is 12.1 Å². The highest BCUT2D eigenvalue weighted by atomic mass is 32.2. The average molecular weight is 207 g/mol. The molecule has 0 aliphatic carbocycles. The summed E-state index contributed by atoms with van der Waals surface area (Å²) < 4.78 is 0. The molecule has 74 valence electrons. The highest BCUT2D eigenvalue weighted by Gasteiger charge is 2.04. The second-order valence-electron chi connectivity index (χ2n) is 3.13. The maximum Gasteiger partial charge on any atom is 0.117 e. The minimum absolute atomic E-state index is 0.543. The second kappa shape index (κ2) is 4.02. The number of hydrogen-bond donors (Lipinski definition) is 2. The third-order valence-electron chi connectivity index (χ3n) is 2.15. The van der Waals surface area contributed by atoms with Crippen LogP contribution >= 0.6 is 11.8 Å². The molecular weight excluding hydrogens is 194 g/mol. The number of aromatic amines is 1. The first kappa shape index (κ1) is 9.55. The molecule has 1 aromatic carbocycles. The lowest BCUT2D eigenvalue weighted by molar-refractivity contribution is 1.07. The van der Waals surface area contributed by atoms with Gasteiger partial charge in [-0.3, -0.25) is 0 Å². The second-order valence-corrected chi connectivity index (χ2v) is 4.00. The van der Waals surface area contributed by atoms with E-state index in [0.717, 1.165) is 28.2 Å². The lowest BCUT2D eigenvalue weighted by Gasteiger charge is -1.95. The molecule has 0 spiro atoms. The van der Waals surface area contributed by atoms with Crippen molar-refractivity contribution >= 4 is 22.8 Å². The van der Waals surface area contributed by atoms with E-state index in [1.54, 1.807) is 11.8 Å². The van der Waals surface area contributed by atoms with Gasteiger partial charge in [-0.05, 0) is 17.9 Å². The van der Waals surface area contributed by atoms with E-state index in [2.05, 4.69) is 16.2 Å². The fourth-order valence-electron chi connectivity index (χ4n) is 1.51. The van der Waals surface area contributed by atoms with Crippen LogP contribution < -0.4 is 5.73 Å². The Labute approximate surface area is 87.1 Å². The van der Waals surface area contributed by atoms with Crippen molar-refractivity contribution < 1.29 is 0 Å². The number of nitrogens with one attached hydrogen (secondary N) is 1. The number of H-pyrrole nitrogens is 1. The van der Waals surface area contributed by atoms with Gasteiger partial charge in [0.25, 0.3) is 0 Å². The Morgan fingerprint density at radius 2 is 2.36 bits per heavy atom. The minimum atomic E-state index is 0.543. The quantitative estimate of drug-likeness (QED) is 0.808. The standard InChI is InChI=1S/C10H13N3S/c1-14-6-9-12-8-4-2-3-7(5-11)10(8)13-9/h2-4H,5-6,11H2,1H3,(H,12,13). The van der Waals surface area contributed by atoms with Gasteiger partial charge in [0.1, 0.15) is 5.82 Å². The Bertz CT molecular complexity index is 436. The first-order valence-electron chi connectivity index (χ1n) is 4.50. The van der Waals surface area contributed by atoms with E-state index in [9.17, 15) is 0 Å². The molecule has 3 N–H and O–H groups in total. The number of aromatic nitrogens is 2. The molecule has 2 rings (SSSR count). The first-order chi connectivity index (χ1) is 6.85. The fraction of sp³-hybridized carbons (Fsp3) is 0.300. The van der Waals surface area contributed by atoms with Crippen molar-refractivity contribution in [3.8, 4) is 0 Å². The number of rotatable bonds is 3. The monoisotopic (exact) mass is 207 g/mol. The summed E-state index contributed by atoms with van der Waals surface area (Å²) in [4.78, 5) is 7.80. The number of nitrogens with zero attached hydrogens (tertiary/aromatic N) is 1. The Hall–Kier alpha value is -1.00. The Morgan fingerprint density at radius 3 is 3.07 bits per heavy atom. The molecule has 0 aliphatic rings. The van der Waals surface area contributed by atoms with Crippen LogP contribution in [0.4, 0.5) is 0 Å². The molecule has 0 fully saturated rings. The van der Waals surface area contributed by atoms with Crippen molar-refractivity contribution in [2.75, 3.05) is 6.26 Å². The van der Waals surface area contributed by atoms with Crippen molar-refractivity contribution in [2.45, 2.75) is 12.3 Å². The summed E-state index contributed by atoms with van der Waals surface area (Å²) in [6, 6.07) is 6.06. The smallest absolute Gasteiger partial charge is 0.117 e. The summed E-state index contributed by atoms with van der Waals surface area (Å²) in [6.07, 6.45) is 2.07. The number of nitrogens with two attached hydrogens (primary N) is 1. The van der Waals surface area contributed by atoms with Gasteiger partial charge in [-0.2, -0.15) is 11.8 Å². The van der Waals surface area contributed by atoms with E-state index in [1.165, 1.54) is 0 Å². The lowest BCUT2D eigenvalue weighted by atomic mass is 10.2. The van der Waals surface area contributed by atoms with E-state index >= 15 is 0 Å². The number of fused-ring (bicyclic) bond motifs is 1. The first-order valence-corrected chi connectivity index (χ1v) is 5.90. The largest absolute Gasteiger partial charge is 0.341 e. The van der Waals surface area contributed by atoms with Crippen molar-refractivity contribution in [3.63, 3.8) is 0 Å². The maximum absolute atomic E-state index is 5.64. The summed E-state index contributed by atoms with van der Waals surface area (Å²) in [6.45, 7) is 0.543. The summed E-state index contributed by atoms with van der Waals surface area (Å²) >= 11 is 1.76. The Kier molecular flexibility index (Phi) is 2.74. The molecule has 0 unspecified atom stereocenters. The molecule has 1 heterocycles. The number of hydrogen-bond acceptors (Lipinski definition) is 3. The van der Waals surface area contributed by atoms with Crippen LogP contribution in [0.2, 0.25) is 0 Å². The molecule has 14 heavy (non-hydrogen) atoms. The lowest BCUT2D eigenvalue weighted by Crippen LogP contribution is -1.96. The summed E-state index contributed by atoms with van der Waals surface area (Å²) in [7, 11) is 0. The molecule has 2 aromatic rings.